The van der Waals surface area contributed by atoms with Crippen molar-refractivity contribution < 1.29 is 27.8 Å². The molecule has 148 valence electrons. The lowest BCUT2D eigenvalue weighted by molar-refractivity contribution is 0.252. The van der Waals surface area contributed by atoms with E-state index in [1.54, 1.807) is 12.3 Å². The maximum Gasteiger partial charge on any atom is 0.336 e. The number of benzene rings is 1. The monoisotopic (exact) mass is 386 g/mol. The van der Waals surface area contributed by atoms with E-state index in [0.717, 1.165) is 5.39 Å². The van der Waals surface area contributed by atoms with Crippen LogP contribution in [0.2, 0.25) is 0 Å². The van der Waals surface area contributed by atoms with Crippen LogP contribution in [-0.2, 0) is 9.47 Å². The lowest BCUT2D eigenvalue weighted by Gasteiger charge is -2.13. The van der Waals surface area contributed by atoms with E-state index in [1.165, 1.54) is 6.07 Å². The van der Waals surface area contributed by atoms with Crippen LogP contribution in [0.25, 0.3) is 21.9 Å². The molecule has 0 radical (unpaired) electrons. The molecule has 0 spiro atoms. The first-order valence-electron chi connectivity index (χ1n) is 9.34. The van der Waals surface area contributed by atoms with Gasteiger partial charge in [-0.1, -0.05) is 0 Å². The Morgan fingerprint density at radius 2 is 1.43 bits per heavy atom. The van der Waals surface area contributed by atoms with Gasteiger partial charge in [0.05, 0.1) is 28.2 Å². The molecule has 0 N–H and O–H groups in total. The van der Waals surface area contributed by atoms with E-state index in [-0.39, 0.29) is 23.4 Å². The minimum atomic E-state index is -0.469. The zero-order valence-corrected chi connectivity index (χ0v) is 16.2. The lowest BCUT2D eigenvalue weighted by atomic mass is 10.1. The maximum absolute atomic E-state index is 11.9. The Bertz CT molecular complexity index is 1120. The highest BCUT2D eigenvalue weighted by Gasteiger charge is 2.49. The van der Waals surface area contributed by atoms with Gasteiger partial charge in [0, 0.05) is 6.07 Å². The molecule has 0 unspecified atom stereocenters. The highest BCUT2D eigenvalue weighted by atomic mass is 16.6. The van der Waals surface area contributed by atoms with Gasteiger partial charge in [0.15, 0.2) is 11.2 Å². The van der Waals surface area contributed by atoms with Gasteiger partial charge in [0.25, 0.3) is 0 Å². The topological polar surface area (TPSA) is 86.9 Å². The molecule has 3 aromatic rings. The van der Waals surface area contributed by atoms with Crippen molar-refractivity contribution in [2.24, 2.45) is 0 Å². The third-order valence-corrected chi connectivity index (χ3v) is 5.49. The molecule has 7 nitrogen and oxygen atoms in total. The Labute approximate surface area is 161 Å². The van der Waals surface area contributed by atoms with Gasteiger partial charge in [0.2, 0.25) is 5.75 Å². The number of furan rings is 1. The Hall–Kier alpha value is -2.51. The quantitative estimate of drug-likeness (QED) is 0.472. The first-order valence-corrected chi connectivity index (χ1v) is 9.34. The maximum atomic E-state index is 11.9. The third-order valence-electron chi connectivity index (χ3n) is 5.49. The molecule has 2 fully saturated rings. The highest BCUT2D eigenvalue weighted by Crippen LogP contribution is 2.45. The van der Waals surface area contributed by atoms with Gasteiger partial charge in [-0.2, -0.15) is 0 Å². The van der Waals surface area contributed by atoms with Gasteiger partial charge in [-0.05, 0) is 39.8 Å². The molecule has 1 aromatic carbocycles. The summed E-state index contributed by atoms with van der Waals surface area (Å²) < 4.78 is 34.4. The summed E-state index contributed by atoms with van der Waals surface area (Å²) in [7, 11) is 0. The van der Waals surface area contributed by atoms with Gasteiger partial charge in [0.1, 0.15) is 31.2 Å². The van der Waals surface area contributed by atoms with Crippen LogP contribution in [0, 0.1) is 0 Å². The summed E-state index contributed by atoms with van der Waals surface area (Å²) >= 11 is 0. The number of ether oxygens (including phenoxy) is 4. The second-order valence-electron chi connectivity index (χ2n) is 8.36. The van der Waals surface area contributed by atoms with E-state index in [9.17, 15) is 4.79 Å². The summed E-state index contributed by atoms with van der Waals surface area (Å²) in [5, 5.41) is 1.41. The summed E-state index contributed by atoms with van der Waals surface area (Å²) in [6.45, 7) is 8.76. The fourth-order valence-electron chi connectivity index (χ4n) is 3.42. The molecule has 2 aliphatic heterocycles. The SMILES string of the molecule is CC1(C)O[C@H]1COc1c2ccoc2c(OC[C@@H]2OC2(C)C)c2oc(=O)ccc12. The van der Waals surface area contributed by atoms with E-state index >= 15 is 0 Å². The van der Waals surface area contributed by atoms with E-state index in [4.69, 9.17) is 27.8 Å². The van der Waals surface area contributed by atoms with Crippen molar-refractivity contribution in [3.63, 3.8) is 0 Å². The van der Waals surface area contributed by atoms with Gasteiger partial charge < -0.3 is 27.8 Å². The van der Waals surface area contributed by atoms with Crippen LogP contribution in [0.4, 0.5) is 0 Å². The standard InChI is InChI=1S/C21H22O7/c1-20(2)13(27-20)9-24-16-11-5-6-15(22)26-18(11)19(17-12(16)7-8-23-17)25-10-14-21(3,4)28-14/h5-8,13-14H,9-10H2,1-4H3/t13-,14-/m0/s1. The lowest BCUT2D eigenvalue weighted by Crippen LogP contribution is -2.14. The Balaban J connectivity index is 1.57. The second-order valence-corrected chi connectivity index (χ2v) is 8.36. The highest BCUT2D eigenvalue weighted by molar-refractivity contribution is 6.06. The summed E-state index contributed by atoms with van der Waals surface area (Å²) in [6, 6.07) is 4.88. The van der Waals surface area contributed by atoms with Gasteiger partial charge in [-0.15, -0.1) is 0 Å². The molecule has 2 aliphatic rings. The van der Waals surface area contributed by atoms with Crippen molar-refractivity contribution in [3.8, 4) is 11.5 Å². The zero-order chi connectivity index (χ0) is 19.7. The summed E-state index contributed by atoms with van der Waals surface area (Å²) in [5.74, 6) is 0.971. The Morgan fingerprint density at radius 1 is 0.857 bits per heavy atom. The van der Waals surface area contributed by atoms with Crippen molar-refractivity contribution in [3.05, 3.63) is 34.9 Å². The van der Waals surface area contributed by atoms with Gasteiger partial charge in [-0.3, -0.25) is 0 Å². The minimum absolute atomic E-state index is 0.0189. The predicted molar refractivity (Wildman–Crippen MR) is 101 cm³/mol. The van der Waals surface area contributed by atoms with Crippen LogP contribution in [0.3, 0.4) is 0 Å². The number of hydrogen-bond acceptors (Lipinski definition) is 7. The van der Waals surface area contributed by atoms with Crippen molar-refractivity contribution in [1.29, 1.82) is 0 Å². The fraction of sp³-hybridized carbons (Fsp3) is 0.476. The summed E-state index contributed by atoms with van der Waals surface area (Å²) in [5.41, 5.74) is -0.0774. The fourth-order valence-corrected chi connectivity index (χ4v) is 3.42. The van der Waals surface area contributed by atoms with Crippen molar-refractivity contribution in [2.45, 2.75) is 51.1 Å². The predicted octanol–water partition coefficient (Wildman–Crippen LogP) is 3.65. The molecule has 2 saturated heterocycles. The molecule has 5 rings (SSSR count). The summed E-state index contributed by atoms with van der Waals surface area (Å²) in [6.07, 6.45) is 1.56. The van der Waals surface area contributed by atoms with Gasteiger partial charge in [-0.25, -0.2) is 4.79 Å². The first kappa shape index (κ1) is 17.6. The second kappa shape index (κ2) is 5.75. The summed E-state index contributed by atoms with van der Waals surface area (Å²) in [4.78, 5) is 11.9. The largest absolute Gasteiger partial charge is 0.489 e. The van der Waals surface area contributed by atoms with Crippen molar-refractivity contribution >= 4 is 21.9 Å². The van der Waals surface area contributed by atoms with Crippen molar-refractivity contribution in [2.75, 3.05) is 13.2 Å². The number of epoxide rings is 2. The molecule has 0 bridgehead atoms. The average Bonchev–Trinajstić information content (AvgIpc) is 3.32. The molecule has 0 amide bonds. The number of hydrogen-bond donors (Lipinski definition) is 0. The van der Waals surface area contributed by atoms with Crippen LogP contribution < -0.4 is 15.1 Å². The average molecular weight is 386 g/mol. The van der Waals surface area contributed by atoms with Gasteiger partial charge >= 0.3 is 5.63 Å². The van der Waals surface area contributed by atoms with E-state index in [1.807, 2.05) is 33.8 Å². The molecule has 2 atom stereocenters. The van der Waals surface area contributed by atoms with Crippen LogP contribution in [-0.4, -0.2) is 36.6 Å². The molecule has 4 heterocycles. The van der Waals surface area contributed by atoms with E-state index < -0.39 is 5.63 Å². The Morgan fingerprint density at radius 3 is 2.04 bits per heavy atom. The molecule has 2 aromatic heterocycles. The number of rotatable bonds is 6. The van der Waals surface area contributed by atoms with Crippen LogP contribution in [0.1, 0.15) is 27.7 Å². The van der Waals surface area contributed by atoms with Crippen LogP contribution in [0.5, 0.6) is 11.5 Å². The first-order chi connectivity index (χ1) is 13.3. The Kier molecular flexibility index (Phi) is 3.61. The molecule has 0 saturated carbocycles. The zero-order valence-electron chi connectivity index (χ0n) is 16.2. The smallest absolute Gasteiger partial charge is 0.336 e. The normalized spacial score (nSPS) is 24.4. The van der Waals surface area contributed by atoms with E-state index in [0.29, 0.717) is 41.3 Å². The number of fused-ring (bicyclic) bond motifs is 2. The molecular formula is C21H22O7. The molecule has 7 heteroatoms. The molecule has 28 heavy (non-hydrogen) atoms. The van der Waals surface area contributed by atoms with E-state index in [2.05, 4.69) is 0 Å². The third kappa shape index (κ3) is 2.86. The van der Waals surface area contributed by atoms with Crippen LogP contribution >= 0.6 is 0 Å². The van der Waals surface area contributed by atoms with Crippen molar-refractivity contribution in [1.82, 2.24) is 0 Å². The minimum Gasteiger partial charge on any atom is -0.489 e. The molecule has 0 aliphatic carbocycles. The van der Waals surface area contributed by atoms with Crippen LogP contribution in [0.15, 0.2) is 38.1 Å². The molecular weight excluding hydrogens is 364 g/mol.